The van der Waals surface area contributed by atoms with Crippen LogP contribution in [0.5, 0.6) is 0 Å². The van der Waals surface area contributed by atoms with Gasteiger partial charge >= 0.3 is 0 Å². The van der Waals surface area contributed by atoms with Crippen molar-refractivity contribution >= 4 is 0 Å². The van der Waals surface area contributed by atoms with Crippen LogP contribution < -0.4 is 0 Å². The molecule has 0 spiro atoms. The Morgan fingerprint density at radius 2 is 1.79 bits per heavy atom. The van der Waals surface area contributed by atoms with Crippen molar-refractivity contribution < 1.29 is 14.6 Å². The van der Waals surface area contributed by atoms with E-state index in [1.165, 1.54) is 5.56 Å². The maximum Gasteiger partial charge on any atom is 0.208 e. The van der Waals surface area contributed by atoms with Gasteiger partial charge in [0.25, 0.3) is 0 Å². The molecule has 0 radical (unpaired) electrons. The van der Waals surface area contributed by atoms with Gasteiger partial charge in [-0.05, 0) is 12.0 Å². The molecular formula is C20H23NO3. The Bertz CT molecular complexity index is 663. The number of hydrogen-bond donors (Lipinski definition) is 1. The van der Waals surface area contributed by atoms with Gasteiger partial charge in [0.05, 0.1) is 25.9 Å². The third-order valence-corrected chi connectivity index (χ3v) is 4.96. The lowest BCUT2D eigenvalue weighted by Gasteiger charge is -2.42. The SMILES string of the molecule is OC[C@H](Cc1ccccc1)N1C[C@H]2CO[C@@](c3ccccc3)(C1)O2. The fourth-order valence-electron chi connectivity index (χ4n) is 3.74. The van der Waals surface area contributed by atoms with E-state index in [0.29, 0.717) is 13.2 Å². The van der Waals surface area contributed by atoms with Crippen LogP contribution in [0.1, 0.15) is 11.1 Å². The Labute approximate surface area is 142 Å². The van der Waals surface area contributed by atoms with E-state index < -0.39 is 5.79 Å². The first kappa shape index (κ1) is 15.8. The number of hydrogen-bond acceptors (Lipinski definition) is 4. The summed E-state index contributed by atoms with van der Waals surface area (Å²) in [6.07, 6.45) is 0.887. The highest BCUT2D eigenvalue weighted by molar-refractivity contribution is 5.23. The summed E-state index contributed by atoms with van der Waals surface area (Å²) < 4.78 is 12.3. The van der Waals surface area contributed by atoms with Crippen molar-refractivity contribution in [2.24, 2.45) is 0 Å². The third kappa shape index (κ3) is 2.98. The highest BCUT2D eigenvalue weighted by atomic mass is 16.7. The molecule has 126 valence electrons. The number of nitrogens with zero attached hydrogens (tertiary/aromatic N) is 1. The number of rotatable bonds is 5. The van der Waals surface area contributed by atoms with Crippen LogP contribution in [0.2, 0.25) is 0 Å². The Balaban J connectivity index is 1.55. The van der Waals surface area contributed by atoms with E-state index in [9.17, 15) is 5.11 Å². The molecule has 4 nitrogen and oxygen atoms in total. The van der Waals surface area contributed by atoms with E-state index >= 15 is 0 Å². The molecule has 2 aromatic carbocycles. The van der Waals surface area contributed by atoms with Crippen LogP contribution in [-0.4, -0.2) is 48.5 Å². The van der Waals surface area contributed by atoms with Crippen molar-refractivity contribution in [1.82, 2.24) is 4.90 Å². The van der Waals surface area contributed by atoms with Crippen LogP contribution in [0.25, 0.3) is 0 Å². The average molecular weight is 325 g/mol. The van der Waals surface area contributed by atoms with E-state index in [-0.39, 0.29) is 18.8 Å². The first-order valence-corrected chi connectivity index (χ1v) is 8.55. The van der Waals surface area contributed by atoms with Crippen molar-refractivity contribution in [3.8, 4) is 0 Å². The summed E-state index contributed by atoms with van der Waals surface area (Å²) in [6.45, 7) is 2.18. The lowest BCUT2D eigenvalue weighted by Crippen LogP contribution is -2.54. The Morgan fingerprint density at radius 3 is 2.50 bits per heavy atom. The van der Waals surface area contributed by atoms with Crippen molar-refractivity contribution in [3.63, 3.8) is 0 Å². The van der Waals surface area contributed by atoms with Gasteiger partial charge in [0.1, 0.15) is 0 Å². The molecule has 2 saturated heterocycles. The quantitative estimate of drug-likeness (QED) is 0.915. The summed E-state index contributed by atoms with van der Waals surface area (Å²) in [5, 5.41) is 9.96. The molecule has 4 rings (SSSR count). The molecule has 2 aliphatic rings. The van der Waals surface area contributed by atoms with Gasteiger partial charge in [0.15, 0.2) is 0 Å². The number of fused-ring (bicyclic) bond motifs is 2. The topological polar surface area (TPSA) is 41.9 Å². The summed E-state index contributed by atoms with van der Waals surface area (Å²) >= 11 is 0. The lowest BCUT2D eigenvalue weighted by atomic mass is 10.00. The van der Waals surface area contributed by atoms with Gasteiger partial charge in [-0.3, -0.25) is 4.90 Å². The highest BCUT2D eigenvalue weighted by Crippen LogP contribution is 2.39. The van der Waals surface area contributed by atoms with Crippen molar-refractivity contribution in [2.45, 2.75) is 24.4 Å². The minimum Gasteiger partial charge on any atom is -0.395 e. The zero-order valence-corrected chi connectivity index (χ0v) is 13.7. The van der Waals surface area contributed by atoms with Crippen LogP contribution in [-0.2, 0) is 21.7 Å². The van der Waals surface area contributed by atoms with Crippen LogP contribution in [0.3, 0.4) is 0 Å². The molecule has 2 bridgehead atoms. The summed E-state index contributed by atoms with van der Waals surface area (Å²) in [7, 11) is 0. The smallest absolute Gasteiger partial charge is 0.208 e. The van der Waals surface area contributed by atoms with Gasteiger partial charge in [-0.1, -0.05) is 60.7 Å². The molecule has 2 heterocycles. The lowest BCUT2D eigenvalue weighted by molar-refractivity contribution is -0.219. The van der Waals surface area contributed by atoms with E-state index in [1.807, 2.05) is 36.4 Å². The fourth-order valence-corrected chi connectivity index (χ4v) is 3.74. The largest absolute Gasteiger partial charge is 0.395 e. The monoisotopic (exact) mass is 325 g/mol. The molecule has 3 atom stereocenters. The van der Waals surface area contributed by atoms with Crippen molar-refractivity contribution in [1.29, 1.82) is 0 Å². The molecule has 0 aliphatic carbocycles. The fraction of sp³-hybridized carbons (Fsp3) is 0.400. The summed E-state index contributed by atoms with van der Waals surface area (Å²) in [5.41, 5.74) is 2.29. The highest BCUT2D eigenvalue weighted by Gasteiger charge is 2.50. The van der Waals surface area contributed by atoms with E-state index in [4.69, 9.17) is 9.47 Å². The van der Waals surface area contributed by atoms with Gasteiger partial charge < -0.3 is 14.6 Å². The van der Waals surface area contributed by atoms with Gasteiger partial charge in [0, 0.05) is 18.2 Å². The second-order valence-electron chi connectivity index (χ2n) is 6.63. The molecule has 4 heteroatoms. The van der Waals surface area contributed by atoms with Crippen LogP contribution in [0.4, 0.5) is 0 Å². The minimum atomic E-state index is -0.700. The third-order valence-electron chi connectivity index (χ3n) is 4.96. The second kappa shape index (κ2) is 6.65. The Morgan fingerprint density at radius 1 is 1.08 bits per heavy atom. The standard InChI is InChI=1S/C20H23NO3/c22-13-18(11-16-7-3-1-4-8-16)21-12-19-14-23-20(15-21,24-19)17-9-5-2-6-10-17/h1-10,18-19,22H,11-15H2/t18-,19-,20-/m0/s1. The normalized spacial score (nSPS) is 28.0. The molecule has 1 N–H and O–H groups in total. The molecule has 2 fully saturated rings. The van der Waals surface area contributed by atoms with Crippen molar-refractivity contribution in [3.05, 3.63) is 71.8 Å². The number of aliphatic hydroxyl groups excluding tert-OH is 1. The van der Waals surface area contributed by atoms with E-state index in [0.717, 1.165) is 18.5 Å². The maximum absolute atomic E-state index is 9.96. The van der Waals surface area contributed by atoms with E-state index in [2.05, 4.69) is 29.2 Å². The van der Waals surface area contributed by atoms with E-state index in [1.54, 1.807) is 0 Å². The average Bonchev–Trinajstić information content (AvgIpc) is 2.96. The molecule has 24 heavy (non-hydrogen) atoms. The maximum atomic E-state index is 9.96. The van der Waals surface area contributed by atoms with Gasteiger partial charge in [-0.2, -0.15) is 0 Å². The van der Waals surface area contributed by atoms with Crippen LogP contribution >= 0.6 is 0 Å². The van der Waals surface area contributed by atoms with Gasteiger partial charge in [-0.25, -0.2) is 0 Å². The van der Waals surface area contributed by atoms with Crippen LogP contribution in [0.15, 0.2) is 60.7 Å². The van der Waals surface area contributed by atoms with Gasteiger partial charge in [-0.15, -0.1) is 0 Å². The Hall–Kier alpha value is -1.72. The zero-order chi connectivity index (χ0) is 16.4. The van der Waals surface area contributed by atoms with Crippen molar-refractivity contribution in [2.75, 3.05) is 26.3 Å². The number of benzene rings is 2. The summed E-state index contributed by atoms with van der Waals surface area (Å²) in [5.74, 6) is -0.700. The molecule has 0 saturated carbocycles. The van der Waals surface area contributed by atoms with Gasteiger partial charge in [0.2, 0.25) is 5.79 Å². The number of morpholine rings is 1. The molecule has 2 aromatic rings. The first-order chi connectivity index (χ1) is 11.8. The minimum absolute atomic E-state index is 0.0591. The summed E-state index contributed by atoms with van der Waals surface area (Å²) in [4.78, 5) is 2.32. The molecule has 0 amide bonds. The molecule has 0 aromatic heterocycles. The van der Waals surface area contributed by atoms with Crippen LogP contribution in [0, 0.1) is 0 Å². The summed E-state index contributed by atoms with van der Waals surface area (Å²) in [6, 6.07) is 20.5. The predicted octanol–water partition coefficient (Wildman–Crippen LogP) is 2.17. The first-order valence-electron chi connectivity index (χ1n) is 8.55. The Kier molecular flexibility index (Phi) is 4.37. The molecule has 0 unspecified atom stereocenters. The predicted molar refractivity (Wildman–Crippen MR) is 91.5 cm³/mol. The zero-order valence-electron chi connectivity index (χ0n) is 13.7. The molecule has 2 aliphatic heterocycles. The molecular weight excluding hydrogens is 302 g/mol. The number of ether oxygens (including phenoxy) is 2. The number of aliphatic hydroxyl groups is 1. The second-order valence-corrected chi connectivity index (χ2v) is 6.63.